The Morgan fingerprint density at radius 3 is 3.05 bits per heavy atom. The number of methoxy groups -OCH3 is 1. The summed E-state index contributed by atoms with van der Waals surface area (Å²) in [4.78, 5) is 14.8. The fourth-order valence-electron chi connectivity index (χ4n) is 1.71. The zero-order valence-electron chi connectivity index (χ0n) is 11.2. The molecule has 0 saturated heterocycles. The first-order chi connectivity index (χ1) is 9.63. The molecule has 0 fully saturated rings. The molecule has 1 atom stereocenters. The third-order valence-corrected chi connectivity index (χ3v) is 2.97. The molecule has 0 saturated carbocycles. The summed E-state index contributed by atoms with van der Waals surface area (Å²) < 4.78 is 6.79. The Balaban J connectivity index is 2.22. The number of rotatable bonds is 6. The van der Waals surface area contributed by atoms with E-state index in [4.69, 9.17) is 9.84 Å². The molecule has 1 N–H and O–H groups in total. The largest absolute Gasteiger partial charge is 0.494 e. The number of aromatic nitrogens is 5. The Kier molecular flexibility index (Phi) is 4.24. The smallest absolute Gasteiger partial charge is 0.306 e. The Labute approximate surface area is 115 Å². The predicted octanol–water partition coefficient (Wildman–Crippen LogP) is 0.854. The molecule has 8 nitrogen and oxygen atoms in total. The molecule has 2 rings (SSSR count). The number of ether oxygens (including phenoxy) is 1. The highest BCUT2D eigenvalue weighted by Crippen LogP contribution is 2.26. The third-order valence-electron chi connectivity index (χ3n) is 2.97. The maximum atomic E-state index is 10.8. The van der Waals surface area contributed by atoms with Crippen LogP contribution in [0.1, 0.15) is 13.3 Å². The molecule has 0 aliphatic carbocycles. The topological polar surface area (TPSA) is 103 Å². The number of pyridine rings is 1. The molecule has 20 heavy (non-hydrogen) atoms. The van der Waals surface area contributed by atoms with Crippen LogP contribution in [0.15, 0.2) is 18.5 Å². The first-order valence-corrected chi connectivity index (χ1v) is 6.10. The van der Waals surface area contributed by atoms with Gasteiger partial charge in [-0.15, -0.1) is 5.10 Å². The molecule has 0 spiro atoms. The SMILES string of the molecule is COc1cnccc1-c1nnnn1CCC(C)C(=O)O. The average molecular weight is 277 g/mol. The number of carboxylic acids is 1. The summed E-state index contributed by atoms with van der Waals surface area (Å²) in [6.07, 6.45) is 3.64. The molecular weight excluding hydrogens is 262 g/mol. The molecule has 8 heteroatoms. The van der Waals surface area contributed by atoms with Crippen LogP contribution in [0.5, 0.6) is 5.75 Å². The van der Waals surface area contributed by atoms with Gasteiger partial charge < -0.3 is 9.84 Å². The lowest BCUT2D eigenvalue weighted by Crippen LogP contribution is -2.14. The first kappa shape index (κ1) is 13.9. The van der Waals surface area contributed by atoms with Gasteiger partial charge in [0.1, 0.15) is 5.75 Å². The molecule has 0 radical (unpaired) electrons. The normalized spacial score (nSPS) is 12.1. The van der Waals surface area contributed by atoms with Gasteiger partial charge in [-0.1, -0.05) is 6.92 Å². The summed E-state index contributed by atoms with van der Waals surface area (Å²) in [7, 11) is 1.54. The molecule has 0 aliphatic heterocycles. The van der Waals surface area contributed by atoms with E-state index in [1.165, 1.54) is 0 Å². The van der Waals surface area contributed by atoms with Crippen molar-refractivity contribution in [3.8, 4) is 17.1 Å². The second-order valence-electron chi connectivity index (χ2n) is 4.33. The lowest BCUT2D eigenvalue weighted by molar-refractivity contribution is -0.141. The molecule has 0 amide bonds. The van der Waals surface area contributed by atoms with Gasteiger partial charge >= 0.3 is 5.97 Å². The van der Waals surface area contributed by atoms with Crippen LogP contribution in [-0.4, -0.2) is 43.4 Å². The van der Waals surface area contributed by atoms with Crippen molar-refractivity contribution < 1.29 is 14.6 Å². The Morgan fingerprint density at radius 2 is 2.35 bits per heavy atom. The third kappa shape index (κ3) is 2.90. The summed E-state index contributed by atoms with van der Waals surface area (Å²) in [6, 6.07) is 1.75. The van der Waals surface area contributed by atoms with Gasteiger partial charge in [-0.2, -0.15) is 0 Å². The number of tetrazole rings is 1. The van der Waals surface area contributed by atoms with E-state index < -0.39 is 11.9 Å². The number of aryl methyl sites for hydroxylation is 1. The van der Waals surface area contributed by atoms with E-state index in [1.54, 1.807) is 37.2 Å². The molecule has 0 aliphatic rings. The van der Waals surface area contributed by atoms with Crippen molar-refractivity contribution in [2.45, 2.75) is 19.9 Å². The Morgan fingerprint density at radius 1 is 1.55 bits per heavy atom. The molecule has 1 unspecified atom stereocenters. The van der Waals surface area contributed by atoms with Crippen molar-refractivity contribution in [1.29, 1.82) is 0 Å². The molecule has 2 aromatic rings. The molecule has 106 valence electrons. The van der Waals surface area contributed by atoms with Crippen LogP contribution in [0.25, 0.3) is 11.4 Å². The first-order valence-electron chi connectivity index (χ1n) is 6.10. The highest BCUT2D eigenvalue weighted by atomic mass is 16.5. The van der Waals surface area contributed by atoms with Crippen LogP contribution in [0, 0.1) is 5.92 Å². The maximum Gasteiger partial charge on any atom is 0.306 e. The van der Waals surface area contributed by atoms with Crippen molar-refractivity contribution in [1.82, 2.24) is 25.2 Å². The summed E-state index contributed by atoms with van der Waals surface area (Å²) in [6.45, 7) is 2.07. The van der Waals surface area contributed by atoms with E-state index in [2.05, 4.69) is 20.5 Å². The number of hydrogen-bond acceptors (Lipinski definition) is 6. The highest BCUT2D eigenvalue weighted by molar-refractivity contribution is 5.69. The molecule has 2 aromatic heterocycles. The Bertz CT molecular complexity index is 598. The van der Waals surface area contributed by atoms with Gasteiger partial charge in [0.05, 0.1) is 24.8 Å². The van der Waals surface area contributed by atoms with E-state index in [9.17, 15) is 4.79 Å². The van der Waals surface area contributed by atoms with Crippen LogP contribution < -0.4 is 4.74 Å². The minimum Gasteiger partial charge on any atom is -0.494 e. The van der Waals surface area contributed by atoms with Gasteiger partial charge in [-0.25, -0.2) is 4.68 Å². The van der Waals surface area contributed by atoms with Crippen LogP contribution in [0.3, 0.4) is 0 Å². The average Bonchev–Trinajstić information content (AvgIpc) is 2.92. The lowest BCUT2D eigenvalue weighted by atomic mass is 10.1. The second kappa shape index (κ2) is 6.09. The van der Waals surface area contributed by atoms with Crippen LogP contribution in [-0.2, 0) is 11.3 Å². The van der Waals surface area contributed by atoms with Crippen molar-refractivity contribution >= 4 is 5.97 Å². The summed E-state index contributed by atoms with van der Waals surface area (Å²) >= 11 is 0. The van der Waals surface area contributed by atoms with Gasteiger partial charge in [-0.3, -0.25) is 9.78 Å². The standard InChI is InChI=1S/C12H15N5O3/c1-8(12(18)19)4-6-17-11(14-15-16-17)9-3-5-13-7-10(9)20-2/h3,5,7-8H,4,6H2,1-2H3,(H,18,19). The number of carbonyl (C=O) groups is 1. The maximum absolute atomic E-state index is 10.8. The van der Waals surface area contributed by atoms with E-state index in [1.807, 2.05) is 0 Å². The summed E-state index contributed by atoms with van der Waals surface area (Å²) in [5.74, 6) is -0.191. The molecule has 0 aromatic carbocycles. The lowest BCUT2D eigenvalue weighted by Gasteiger charge is -2.09. The second-order valence-corrected chi connectivity index (χ2v) is 4.33. The zero-order valence-corrected chi connectivity index (χ0v) is 11.2. The van der Waals surface area contributed by atoms with Crippen LogP contribution >= 0.6 is 0 Å². The van der Waals surface area contributed by atoms with Gasteiger partial charge in [0, 0.05) is 12.7 Å². The molecule has 2 heterocycles. The number of carboxylic acid groups (broad SMARTS) is 1. The highest BCUT2D eigenvalue weighted by Gasteiger charge is 2.16. The van der Waals surface area contributed by atoms with Gasteiger partial charge in [0.25, 0.3) is 0 Å². The van der Waals surface area contributed by atoms with Crippen molar-refractivity contribution in [2.24, 2.45) is 5.92 Å². The number of hydrogen-bond donors (Lipinski definition) is 1. The van der Waals surface area contributed by atoms with Crippen molar-refractivity contribution in [2.75, 3.05) is 7.11 Å². The molecule has 0 bridgehead atoms. The van der Waals surface area contributed by atoms with E-state index in [-0.39, 0.29) is 0 Å². The van der Waals surface area contributed by atoms with Gasteiger partial charge in [0.15, 0.2) is 5.82 Å². The van der Waals surface area contributed by atoms with E-state index in [0.717, 1.165) is 5.56 Å². The summed E-state index contributed by atoms with van der Waals surface area (Å²) in [5, 5.41) is 20.4. The van der Waals surface area contributed by atoms with E-state index in [0.29, 0.717) is 24.5 Å². The minimum atomic E-state index is -0.832. The fraction of sp³-hybridized carbons (Fsp3) is 0.417. The predicted molar refractivity (Wildman–Crippen MR) is 69.0 cm³/mol. The van der Waals surface area contributed by atoms with E-state index >= 15 is 0 Å². The quantitative estimate of drug-likeness (QED) is 0.834. The monoisotopic (exact) mass is 277 g/mol. The van der Waals surface area contributed by atoms with Crippen molar-refractivity contribution in [3.05, 3.63) is 18.5 Å². The Hall–Kier alpha value is -2.51. The van der Waals surface area contributed by atoms with Gasteiger partial charge in [0.2, 0.25) is 0 Å². The fourth-order valence-corrected chi connectivity index (χ4v) is 1.71. The van der Waals surface area contributed by atoms with Crippen molar-refractivity contribution in [3.63, 3.8) is 0 Å². The number of nitrogens with zero attached hydrogens (tertiary/aromatic N) is 5. The minimum absolute atomic E-state index is 0.418. The van der Waals surface area contributed by atoms with Gasteiger partial charge in [-0.05, 0) is 22.9 Å². The number of aliphatic carboxylic acids is 1. The zero-order chi connectivity index (χ0) is 14.5. The summed E-state index contributed by atoms with van der Waals surface area (Å²) in [5.41, 5.74) is 0.718. The molecular formula is C12H15N5O3. The van der Waals surface area contributed by atoms with Crippen LogP contribution in [0.4, 0.5) is 0 Å². The van der Waals surface area contributed by atoms with Crippen LogP contribution in [0.2, 0.25) is 0 Å².